The van der Waals surface area contributed by atoms with Gasteiger partial charge in [-0.25, -0.2) is 4.39 Å². The van der Waals surface area contributed by atoms with Crippen molar-refractivity contribution in [1.82, 2.24) is 4.90 Å². The molecular weight excluding hydrogens is 448 g/mol. The summed E-state index contributed by atoms with van der Waals surface area (Å²) in [5.74, 6) is -0.409. The lowest BCUT2D eigenvalue weighted by Crippen LogP contribution is -2.38. The lowest BCUT2D eigenvalue weighted by molar-refractivity contribution is -0.130. The van der Waals surface area contributed by atoms with Gasteiger partial charge in [0.25, 0.3) is 0 Å². The molecule has 0 spiro atoms. The predicted molar refractivity (Wildman–Crippen MR) is 119 cm³/mol. The van der Waals surface area contributed by atoms with Crippen LogP contribution in [0.4, 0.5) is 10.1 Å². The molecule has 158 valence electrons. The fourth-order valence-corrected chi connectivity index (χ4v) is 4.33. The van der Waals surface area contributed by atoms with Crippen LogP contribution in [0.25, 0.3) is 0 Å². The van der Waals surface area contributed by atoms with E-state index < -0.39 is 5.82 Å². The molecule has 1 heterocycles. The molecule has 2 aromatic carbocycles. The SMILES string of the molecule is CCCC(=O)N1CC[C@H](N(Cc2cc(F)c(Cl)cc2Cl)c2ccc(C#N)c(Cl)c2)C1. The molecule has 1 aliphatic rings. The quantitative estimate of drug-likeness (QED) is 0.484. The third-order valence-corrected chi connectivity index (χ3v) is 6.21. The summed E-state index contributed by atoms with van der Waals surface area (Å²) in [7, 11) is 0. The molecule has 1 atom stereocenters. The van der Waals surface area contributed by atoms with E-state index in [1.807, 2.05) is 11.8 Å². The Labute approximate surface area is 190 Å². The highest BCUT2D eigenvalue weighted by atomic mass is 35.5. The van der Waals surface area contributed by atoms with Crippen molar-refractivity contribution >= 4 is 46.4 Å². The summed E-state index contributed by atoms with van der Waals surface area (Å²) in [5, 5.41) is 9.84. The number of nitriles is 1. The minimum absolute atomic E-state index is 0.00427. The van der Waals surface area contributed by atoms with E-state index in [9.17, 15) is 14.4 Å². The maximum absolute atomic E-state index is 14.1. The summed E-state index contributed by atoms with van der Waals surface area (Å²) < 4.78 is 14.1. The Kier molecular flexibility index (Phi) is 7.46. The number of hydrogen-bond donors (Lipinski definition) is 0. The molecule has 8 heteroatoms. The number of rotatable bonds is 6. The van der Waals surface area contributed by atoms with Crippen LogP contribution in [0.2, 0.25) is 15.1 Å². The largest absolute Gasteiger partial charge is 0.362 e. The fraction of sp³-hybridized carbons (Fsp3) is 0.364. The molecule has 3 rings (SSSR count). The van der Waals surface area contributed by atoms with Crippen molar-refractivity contribution in [2.75, 3.05) is 18.0 Å². The summed E-state index contributed by atoms with van der Waals surface area (Å²) >= 11 is 18.4. The summed E-state index contributed by atoms with van der Waals surface area (Å²) in [6.07, 6.45) is 2.08. The highest BCUT2D eigenvalue weighted by Crippen LogP contribution is 2.32. The third kappa shape index (κ3) is 5.00. The van der Waals surface area contributed by atoms with Gasteiger partial charge in [0.2, 0.25) is 5.91 Å². The van der Waals surface area contributed by atoms with E-state index in [0.717, 1.165) is 18.5 Å². The molecule has 2 aromatic rings. The Bertz CT molecular complexity index is 992. The second-order valence-electron chi connectivity index (χ2n) is 7.29. The number of carbonyl (C=O) groups is 1. The van der Waals surface area contributed by atoms with Crippen molar-refractivity contribution in [3.8, 4) is 6.07 Å². The van der Waals surface area contributed by atoms with E-state index >= 15 is 0 Å². The summed E-state index contributed by atoms with van der Waals surface area (Å²) in [6, 6.07) is 9.96. The molecule has 0 aliphatic carbocycles. The van der Waals surface area contributed by atoms with Crippen LogP contribution < -0.4 is 4.90 Å². The van der Waals surface area contributed by atoms with Crippen molar-refractivity contribution in [1.29, 1.82) is 5.26 Å². The summed E-state index contributed by atoms with van der Waals surface area (Å²) in [6.45, 7) is 3.51. The Hall–Kier alpha value is -2.00. The van der Waals surface area contributed by atoms with Crippen molar-refractivity contribution < 1.29 is 9.18 Å². The molecule has 0 saturated carbocycles. The first kappa shape index (κ1) is 22.7. The molecule has 4 nitrogen and oxygen atoms in total. The van der Waals surface area contributed by atoms with E-state index in [4.69, 9.17) is 34.8 Å². The van der Waals surface area contributed by atoms with Gasteiger partial charge in [-0.1, -0.05) is 41.7 Å². The molecule has 1 aliphatic heterocycles. The number of anilines is 1. The molecule has 0 N–H and O–H groups in total. The number of nitrogens with zero attached hydrogens (tertiary/aromatic N) is 3. The van der Waals surface area contributed by atoms with Crippen molar-refractivity contribution in [2.24, 2.45) is 0 Å². The number of benzene rings is 2. The van der Waals surface area contributed by atoms with Gasteiger partial charge >= 0.3 is 0 Å². The molecule has 1 fully saturated rings. The zero-order valence-electron chi connectivity index (χ0n) is 16.5. The zero-order chi connectivity index (χ0) is 21.8. The molecule has 0 unspecified atom stereocenters. The zero-order valence-corrected chi connectivity index (χ0v) is 18.7. The van der Waals surface area contributed by atoms with Crippen molar-refractivity contribution in [2.45, 2.75) is 38.8 Å². The number of likely N-dealkylation sites (tertiary alicyclic amines) is 1. The molecule has 1 saturated heterocycles. The highest BCUT2D eigenvalue weighted by Gasteiger charge is 2.31. The van der Waals surface area contributed by atoms with E-state index in [2.05, 4.69) is 11.0 Å². The van der Waals surface area contributed by atoms with Gasteiger partial charge in [-0.3, -0.25) is 4.79 Å². The minimum atomic E-state index is -0.542. The number of carbonyl (C=O) groups excluding carboxylic acids is 1. The average Bonchev–Trinajstić information content (AvgIpc) is 3.20. The van der Waals surface area contributed by atoms with Crippen LogP contribution in [0.1, 0.15) is 37.3 Å². The Morgan fingerprint density at radius 1 is 1.23 bits per heavy atom. The van der Waals surface area contributed by atoms with Gasteiger partial charge in [0.15, 0.2) is 0 Å². The molecule has 0 radical (unpaired) electrons. The van der Waals surface area contributed by atoms with Gasteiger partial charge < -0.3 is 9.80 Å². The smallest absolute Gasteiger partial charge is 0.222 e. The first-order valence-electron chi connectivity index (χ1n) is 9.71. The molecule has 30 heavy (non-hydrogen) atoms. The average molecular weight is 469 g/mol. The third-order valence-electron chi connectivity index (χ3n) is 5.26. The molecule has 0 aromatic heterocycles. The lowest BCUT2D eigenvalue weighted by atomic mass is 10.1. The lowest BCUT2D eigenvalue weighted by Gasteiger charge is -2.32. The normalized spacial score (nSPS) is 15.9. The second kappa shape index (κ2) is 9.87. The van der Waals surface area contributed by atoms with Crippen molar-refractivity contribution in [3.05, 3.63) is 62.3 Å². The first-order valence-corrected chi connectivity index (χ1v) is 10.8. The Morgan fingerprint density at radius 2 is 2.00 bits per heavy atom. The van der Waals surface area contributed by atoms with E-state index in [-0.39, 0.29) is 17.0 Å². The van der Waals surface area contributed by atoms with Crippen LogP contribution in [0.3, 0.4) is 0 Å². The molecule has 1 amide bonds. The fourth-order valence-electron chi connectivity index (χ4n) is 3.67. The Balaban J connectivity index is 1.94. The van der Waals surface area contributed by atoms with Gasteiger partial charge in [-0.2, -0.15) is 5.26 Å². The number of hydrogen-bond acceptors (Lipinski definition) is 3. The van der Waals surface area contributed by atoms with E-state index in [1.165, 1.54) is 12.1 Å². The molecular formula is C22H21Cl3FN3O. The summed E-state index contributed by atoms with van der Waals surface area (Å²) in [5.41, 5.74) is 1.74. The predicted octanol–water partition coefficient (Wildman–Crippen LogP) is 6.07. The Morgan fingerprint density at radius 3 is 2.67 bits per heavy atom. The standard InChI is InChI=1S/C22H21Cl3FN3O/c1-2-3-22(30)28-7-6-17(13-28)29(16-5-4-14(11-27)18(23)9-16)12-15-8-21(26)20(25)10-19(15)24/h4-5,8-10,17H,2-3,6-7,12-13H2,1H3/t17-/m0/s1. The monoisotopic (exact) mass is 467 g/mol. The van der Waals surface area contributed by atoms with Gasteiger partial charge in [-0.15, -0.1) is 0 Å². The number of halogens is 4. The minimum Gasteiger partial charge on any atom is -0.362 e. The topological polar surface area (TPSA) is 47.3 Å². The van der Waals surface area contributed by atoms with Gasteiger partial charge in [0, 0.05) is 42.8 Å². The maximum Gasteiger partial charge on any atom is 0.222 e. The summed E-state index contributed by atoms with van der Waals surface area (Å²) in [4.78, 5) is 16.3. The number of amides is 1. The van der Waals surface area contributed by atoms with Crippen molar-refractivity contribution in [3.63, 3.8) is 0 Å². The van der Waals surface area contributed by atoms with Crippen LogP contribution in [-0.2, 0) is 11.3 Å². The van der Waals surface area contributed by atoms with Gasteiger partial charge in [0.05, 0.1) is 15.6 Å². The van der Waals surface area contributed by atoms with Gasteiger partial charge in [0.1, 0.15) is 11.9 Å². The highest BCUT2D eigenvalue weighted by molar-refractivity contribution is 6.35. The van der Waals surface area contributed by atoms with E-state index in [0.29, 0.717) is 47.2 Å². The van der Waals surface area contributed by atoms with Gasteiger partial charge in [-0.05, 0) is 48.7 Å². The molecule has 0 bridgehead atoms. The first-order chi connectivity index (χ1) is 14.3. The van der Waals surface area contributed by atoms with Crippen LogP contribution in [0.5, 0.6) is 0 Å². The van der Waals surface area contributed by atoms with Crippen LogP contribution in [0, 0.1) is 17.1 Å². The van der Waals surface area contributed by atoms with Crippen LogP contribution in [-0.4, -0.2) is 29.9 Å². The maximum atomic E-state index is 14.1. The second-order valence-corrected chi connectivity index (χ2v) is 8.52. The van der Waals surface area contributed by atoms with Crippen LogP contribution >= 0.6 is 34.8 Å². The van der Waals surface area contributed by atoms with Crippen LogP contribution in [0.15, 0.2) is 30.3 Å². The van der Waals surface area contributed by atoms with E-state index in [1.54, 1.807) is 18.2 Å².